The number of carbonyl (C=O) groups is 2. The zero-order valence-electron chi connectivity index (χ0n) is 9.52. The van der Waals surface area contributed by atoms with E-state index in [9.17, 15) is 9.59 Å². The summed E-state index contributed by atoms with van der Waals surface area (Å²) in [7, 11) is 1.28. The average Bonchev–Trinajstić information content (AvgIpc) is 2.71. The van der Waals surface area contributed by atoms with Gasteiger partial charge in [-0.1, -0.05) is 5.16 Å². The van der Waals surface area contributed by atoms with Crippen molar-refractivity contribution in [2.24, 2.45) is 0 Å². The molecule has 16 heavy (non-hydrogen) atoms. The van der Waals surface area contributed by atoms with Crippen molar-refractivity contribution in [2.75, 3.05) is 20.2 Å². The minimum absolute atomic E-state index is 0.0856. The van der Waals surface area contributed by atoms with Crippen LogP contribution in [0.3, 0.4) is 0 Å². The van der Waals surface area contributed by atoms with Crippen LogP contribution in [0.5, 0.6) is 0 Å². The van der Waals surface area contributed by atoms with Crippen LogP contribution in [0.15, 0.2) is 10.6 Å². The number of hydrogen-bond donors (Lipinski definition) is 0. The Morgan fingerprint density at radius 2 is 2.25 bits per heavy atom. The first kappa shape index (κ1) is 12.2. The zero-order valence-corrected chi connectivity index (χ0v) is 9.52. The van der Waals surface area contributed by atoms with Crippen molar-refractivity contribution >= 4 is 11.9 Å². The van der Waals surface area contributed by atoms with Crippen LogP contribution in [-0.2, 0) is 9.53 Å². The Morgan fingerprint density at radius 3 is 2.69 bits per heavy atom. The third-order valence-corrected chi connectivity index (χ3v) is 2.06. The van der Waals surface area contributed by atoms with Gasteiger partial charge in [-0.15, -0.1) is 0 Å². The summed E-state index contributed by atoms with van der Waals surface area (Å²) in [6.45, 7) is 3.78. The molecule has 0 aliphatic carbocycles. The second kappa shape index (κ2) is 5.29. The predicted octanol–water partition coefficient (Wildman–Crippen LogP) is 0.618. The van der Waals surface area contributed by atoms with Crippen LogP contribution < -0.4 is 0 Å². The molecule has 0 radical (unpaired) electrons. The molecule has 0 aliphatic rings. The van der Waals surface area contributed by atoms with Crippen molar-refractivity contribution in [3.05, 3.63) is 17.5 Å². The molecule has 0 unspecified atom stereocenters. The van der Waals surface area contributed by atoms with Gasteiger partial charge < -0.3 is 14.2 Å². The molecule has 1 aromatic heterocycles. The molecule has 0 aromatic carbocycles. The fourth-order valence-corrected chi connectivity index (χ4v) is 1.18. The number of likely N-dealkylation sites (N-methyl/N-ethyl adjacent to an activating group) is 1. The number of amides is 1. The normalized spacial score (nSPS) is 9.94. The first-order chi connectivity index (χ1) is 7.58. The lowest BCUT2D eigenvalue weighted by molar-refractivity contribution is -0.141. The van der Waals surface area contributed by atoms with E-state index in [-0.39, 0.29) is 18.1 Å². The van der Waals surface area contributed by atoms with Crippen molar-refractivity contribution in [1.82, 2.24) is 10.1 Å². The van der Waals surface area contributed by atoms with Gasteiger partial charge in [-0.3, -0.25) is 9.59 Å². The summed E-state index contributed by atoms with van der Waals surface area (Å²) in [5.41, 5.74) is 0.197. The molecule has 0 saturated heterocycles. The van der Waals surface area contributed by atoms with E-state index in [4.69, 9.17) is 4.52 Å². The summed E-state index contributed by atoms with van der Waals surface area (Å²) in [5, 5.41) is 3.60. The van der Waals surface area contributed by atoms with Crippen molar-refractivity contribution in [1.29, 1.82) is 0 Å². The Balaban J connectivity index is 2.73. The highest BCUT2D eigenvalue weighted by Gasteiger charge is 2.20. The standard InChI is InChI=1S/C10H14N2O4/c1-4-12(6-9(13)15-3)10(14)8-5-7(2)16-11-8/h5H,4,6H2,1-3H3. The molecule has 1 amide bonds. The molecule has 6 nitrogen and oxygen atoms in total. The highest BCUT2D eigenvalue weighted by atomic mass is 16.5. The fraction of sp³-hybridized carbons (Fsp3) is 0.500. The number of esters is 1. The minimum Gasteiger partial charge on any atom is -0.468 e. The number of methoxy groups -OCH3 is 1. The number of aryl methyl sites for hydroxylation is 1. The van der Waals surface area contributed by atoms with E-state index in [1.165, 1.54) is 18.1 Å². The van der Waals surface area contributed by atoms with Gasteiger partial charge in [0.05, 0.1) is 7.11 Å². The average molecular weight is 226 g/mol. The van der Waals surface area contributed by atoms with Crippen molar-refractivity contribution in [3.8, 4) is 0 Å². The number of hydrogen-bond acceptors (Lipinski definition) is 5. The molecule has 1 rings (SSSR count). The second-order valence-corrected chi connectivity index (χ2v) is 3.22. The Hall–Kier alpha value is -1.85. The van der Waals surface area contributed by atoms with Crippen LogP contribution in [0.25, 0.3) is 0 Å². The highest BCUT2D eigenvalue weighted by molar-refractivity contribution is 5.94. The molecule has 0 bridgehead atoms. The smallest absolute Gasteiger partial charge is 0.325 e. The van der Waals surface area contributed by atoms with Gasteiger partial charge in [0.25, 0.3) is 5.91 Å². The van der Waals surface area contributed by atoms with Crippen molar-refractivity contribution in [2.45, 2.75) is 13.8 Å². The SMILES string of the molecule is CCN(CC(=O)OC)C(=O)c1cc(C)on1. The summed E-state index contributed by atoms with van der Waals surface area (Å²) in [4.78, 5) is 24.2. The second-order valence-electron chi connectivity index (χ2n) is 3.22. The maximum Gasteiger partial charge on any atom is 0.325 e. The van der Waals surface area contributed by atoms with Crippen LogP contribution in [0.2, 0.25) is 0 Å². The van der Waals surface area contributed by atoms with Crippen molar-refractivity contribution in [3.63, 3.8) is 0 Å². The first-order valence-electron chi connectivity index (χ1n) is 4.87. The predicted molar refractivity (Wildman–Crippen MR) is 54.8 cm³/mol. The van der Waals surface area contributed by atoms with Crippen LogP contribution in [0.1, 0.15) is 23.2 Å². The molecule has 1 aromatic rings. The maximum absolute atomic E-state index is 11.8. The lowest BCUT2D eigenvalue weighted by Crippen LogP contribution is -2.36. The summed E-state index contributed by atoms with van der Waals surface area (Å²) in [6.07, 6.45) is 0. The lowest BCUT2D eigenvalue weighted by atomic mass is 10.3. The molecular weight excluding hydrogens is 212 g/mol. The lowest BCUT2D eigenvalue weighted by Gasteiger charge is -2.17. The molecular formula is C10H14N2O4. The minimum atomic E-state index is -0.463. The quantitative estimate of drug-likeness (QED) is 0.703. The van der Waals surface area contributed by atoms with Gasteiger partial charge in [-0.2, -0.15) is 0 Å². The molecule has 0 aliphatic heterocycles. The van der Waals surface area contributed by atoms with E-state index >= 15 is 0 Å². The Bertz CT molecular complexity index is 386. The largest absolute Gasteiger partial charge is 0.468 e. The monoisotopic (exact) mass is 226 g/mol. The van der Waals surface area contributed by atoms with E-state index in [0.717, 1.165) is 0 Å². The van der Waals surface area contributed by atoms with Gasteiger partial charge in [0, 0.05) is 12.6 Å². The zero-order chi connectivity index (χ0) is 12.1. The van der Waals surface area contributed by atoms with Crippen LogP contribution >= 0.6 is 0 Å². The molecule has 0 spiro atoms. The van der Waals surface area contributed by atoms with E-state index in [1.54, 1.807) is 13.8 Å². The summed E-state index contributed by atoms with van der Waals surface area (Å²) in [6, 6.07) is 1.53. The third-order valence-electron chi connectivity index (χ3n) is 2.06. The van der Waals surface area contributed by atoms with Crippen molar-refractivity contribution < 1.29 is 18.8 Å². The Kier molecular flexibility index (Phi) is 4.04. The summed E-state index contributed by atoms with van der Waals surface area (Å²) in [5.74, 6) is -0.252. The topological polar surface area (TPSA) is 72.6 Å². The molecule has 0 N–H and O–H groups in total. The first-order valence-corrected chi connectivity index (χ1v) is 4.87. The number of carbonyl (C=O) groups excluding carboxylic acids is 2. The third kappa shape index (κ3) is 2.82. The van der Waals surface area contributed by atoms with Gasteiger partial charge in [0.1, 0.15) is 12.3 Å². The maximum atomic E-state index is 11.8. The molecule has 1 heterocycles. The van der Waals surface area contributed by atoms with E-state index in [1.807, 2.05) is 0 Å². The number of aromatic nitrogens is 1. The van der Waals surface area contributed by atoms with Gasteiger partial charge in [0.15, 0.2) is 5.69 Å². The van der Waals surface area contributed by atoms with Crippen LogP contribution in [0.4, 0.5) is 0 Å². The van der Waals surface area contributed by atoms with Gasteiger partial charge in [-0.25, -0.2) is 0 Å². The Morgan fingerprint density at radius 1 is 1.56 bits per heavy atom. The number of ether oxygens (including phenoxy) is 1. The van der Waals surface area contributed by atoms with Gasteiger partial charge in [0.2, 0.25) is 0 Å². The summed E-state index contributed by atoms with van der Waals surface area (Å²) >= 11 is 0. The molecule has 88 valence electrons. The molecule has 6 heteroatoms. The molecule has 0 atom stereocenters. The summed E-state index contributed by atoms with van der Waals surface area (Å²) < 4.78 is 9.30. The highest BCUT2D eigenvalue weighted by Crippen LogP contribution is 2.05. The van der Waals surface area contributed by atoms with E-state index in [0.29, 0.717) is 12.3 Å². The van der Waals surface area contributed by atoms with Gasteiger partial charge in [-0.05, 0) is 13.8 Å². The van der Waals surface area contributed by atoms with E-state index < -0.39 is 5.97 Å². The number of nitrogens with zero attached hydrogens (tertiary/aromatic N) is 2. The molecule has 0 fully saturated rings. The Labute approximate surface area is 93.1 Å². The van der Waals surface area contributed by atoms with Crippen LogP contribution in [0, 0.1) is 6.92 Å². The molecule has 0 saturated carbocycles. The fourth-order valence-electron chi connectivity index (χ4n) is 1.18. The van der Waals surface area contributed by atoms with Gasteiger partial charge >= 0.3 is 5.97 Å². The van der Waals surface area contributed by atoms with E-state index in [2.05, 4.69) is 9.89 Å². The van der Waals surface area contributed by atoms with Crippen LogP contribution in [-0.4, -0.2) is 42.1 Å². The number of rotatable bonds is 4.